The summed E-state index contributed by atoms with van der Waals surface area (Å²) in [5, 5.41) is 2.81. The molecule has 2 rings (SSSR count). The third-order valence-corrected chi connectivity index (χ3v) is 2.83. The van der Waals surface area contributed by atoms with Crippen LogP contribution in [-0.2, 0) is 13.6 Å². The Kier molecular flexibility index (Phi) is 3.50. The molecule has 4 nitrogen and oxygen atoms in total. The molecule has 1 amide bonds. The summed E-state index contributed by atoms with van der Waals surface area (Å²) >= 11 is 0. The zero-order valence-electron chi connectivity index (χ0n) is 10.3. The molecule has 0 atom stereocenters. The molecule has 0 bridgehead atoms. The average Bonchev–Trinajstić information content (AvgIpc) is 2.73. The summed E-state index contributed by atoms with van der Waals surface area (Å²) in [4.78, 5) is 11.0. The van der Waals surface area contributed by atoms with Gasteiger partial charge in [0.15, 0.2) is 0 Å². The van der Waals surface area contributed by atoms with Crippen molar-refractivity contribution in [3.63, 3.8) is 0 Å². The summed E-state index contributed by atoms with van der Waals surface area (Å²) in [6, 6.07) is 5.44. The number of amides is 1. The number of hydrogen-bond donors (Lipinski definition) is 2. The zero-order valence-corrected chi connectivity index (χ0v) is 10.3. The lowest BCUT2D eigenvalue weighted by molar-refractivity contribution is 0.0996. The number of rotatable bonds is 4. The molecule has 0 radical (unpaired) electrons. The van der Waals surface area contributed by atoms with Crippen LogP contribution in [0.3, 0.4) is 0 Å². The van der Waals surface area contributed by atoms with Crippen LogP contribution >= 0.6 is 0 Å². The maximum absolute atomic E-state index is 13.6. The van der Waals surface area contributed by atoms with E-state index in [4.69, 9.17) is 5.73 Å². The van der Waals surface area contributed by atoms with E-state index >= 15 is 0 Å². The second-order valence-corrected chi connectivity index (χ2v) is 4.14. The molecule has 6 heteroatoms. The molecule has 0 fully saturated rings. The number of aromatic nitrogens is 1. The van der Waals surface area contributed by atoms with Crippen molar-refractivity contribution in [3.05, 3.63) is 53.4 Å². The van der Waals surface area contributed by atoms with E-state index in [0.717, 1.165) is 11.8 Å². The van der Waals surface area contributed by atoms with Crippen LogP contribution in [-0.4, -0.2) is 10.5 Å². The molecule has 1 heterocycles. The normalized spacial score (nSPS) is 10.5. The van der Waals surface area contributed by atoms with Gasteiger partial charge >= 0.3 is 0 Å². The summed E-state index contributed by atoms with van der Waals surface area (Å²) < 4.78 is 28.7. The number of nitrogens with zero attached hydrogens (tertiary/aromatic N) is 1. The van der Waals surface area contributed by atoms with Crippen LogP contribution in [0.4, 0.5) is 14.5 Å². The van der Waals surface area contributed by atoms with Gasteiger partial charge in [0, 0.05) is 25.0 Å². The molecule has 1 aromatic carbocycles. The van der Waals surface area contributed by atoms with Gasteiger partial charge in [-0.15, -0.1) is 0 Å². The second kappa shape index (κ2) is 5.09. The largest absolute Gasteiger partial charge is 0.377 e. The van der Waals surface area contributed by atoms with Crippen molar-refractivity contribution in [1.82, 2.24) is 4.57 Å². The Bertz CT molecular complexity index is 622. The van der Waals surface area contributed by atoms with Crippen LogP contribution < -0.4 is 11.1 Å². The smallest absolute Gasteiger partial charge is 0.251 e. The highest BCUT2D eigenvalue weighted by molar-refractivity contribution is 5.94. The van der Waals surface area contributed by atoms with Crippen molar-refractivity contribution >= 4 is 11.6 Å². The highest BCUT2D eigenvalue weighted by Crippen LogP contribution is 2.20. The van der Waals surface area contributed by atoms with E-state index in [1.807, 2.05) is 29.9 Å². The monoisotopic (exact) mass is 265 g/mol. The number of carbonyl (C=O) groups is 1. The molecule has 0 unspecified atom stereocenters. The number of anilines is 1. The topological polar surface area (TPSA) is 60.1 Å². The fourth-order valence-electron chi connectivity index (χ4n) is 1.74. The summed E-state index contributed by atoms with van der Waals surface area (Å²) in [5.74, 6) is -2.66. The Balaban J connectivity index is 2.23. The highest BCUT2D eigenvalue weighted by atomic mass is 19.1. The van der Waals surface area contributed by atoms with Crippen LogP contribution in [0.15, 0.2) is 30.5 Å². The lowest BCUT2D eigenvalue weighted by Gasteiger charge is -2.10. The maximum Gasteiger partial charge on any atom is 0.251 e. The lowest BCUT2D eigenvalue weighted by Crippen LogP contribution is -2.15. The second-order valence-electron chi connectivity index (χ2n) is 4.14. The first-order valence-corrected chi connectivity index (χ1v) is 5.62. The van der Waals surface area contributed by atoms with Gasteiger partial charge in [-0.1, -0.05) is 0 Å². The quantitative estimate of drug-likeness (QED) is 0.888. The number of nitrogens with two attached hydrogens (primary N) is 1. The number of hydrogen-bond acceptors (Lipinski definition) is 2. The Morgan fingerprint density at radius 3 is 2.68 bits per heavy atom. The van der Waals surface area contributed by atoms with E-state index in [1.165, 1.54) is 0 Å². The Morgan fingerprint density at radius 1 is 1.37 bits per heavy atom. The van der Waals surface area contributed by atoms with Gasteiger partial charge in [0.1, 0.15) is 11.6 Å². The van der Waals surface area contributed by atoms with Crippen molar-refractivity contribution in [2.24, 2.45) is 12.8 Å². The third-order valence-electron chi connectivity index (χ3n) is 2.83. The summed E-state index contributed by atoms with van der Waals surface area (Å²) in [5.41, 5.74) is 5.64. The van der Waals surface area contributed by atoms with E-state index in [2.05, 4.69) is 5.32 Å². The molecule has 0 aliphatic heterocycles. The predicted octanol–water partition coefficient (Wildman–Crippen LogP) is 2.01. The fourth-order valence-corrected chi connectivity index (χ4v) is 1.74. The van der Waals surface area contributed by atoms with Gasteiger partial charge in [0.05, 0.1) is 17.8 Å². The van der Waals surface area contributed by atoms with Crippen LogP contribution in [0.25, 0.3) is 0 Å². The predicted molar refractivity (Wildman–Crippen MR) is 67.6 cm³/mol. The van der Waals surface area contributed by atoms with Crippen LogP contribution in [0.2, 0.25) is 0 Å². The Labute approximate surface area is 108 Å². The maximum atomic E-state index is 13.6. The number of nitrogens with one attached hydrogen (secondary N) is 1. The van der Waals surface area contributed by atoms with E-state index in [9.17, 15) is 13.6 Å². The summed E-state index contributed by atoms with van der Waals surface area (Å²) in [6.45, 7) is 0.351. The van der Waals surface area contributed by atoms with Crippen LogP contribution in [0.5, 0.6) is 0 Å². The number of carbonyl (C=O) groups excluding carboxylic acids is 1. The molecular formula is C13H13F2N3O. The highest BCUT2D eigenvalue weighted by Gasteiger charge is 2.13. The zero-order chi connectivity index (χ0) is 14.0. The molecule has 0 aliphatic rings. The van der Waals surface area contributed by atoms with Crippen molar-refractivity contribution in [3.8, 4) is 0 Å². The van der Waals surface area contributed by atoms with E-state index in [0.29, 0.717) is 12.6 Å². The van der Waals surface area contributed by atoms with Crippen LogP contribution in [0.1, 0.15) is 16.1 Å². The number of halogens is 2. The van der Waals surface area contributed by atoms with Crippen LogP contribution in [0, 0.1) is 11.6 Å². The van der Waals surface area contributed by atoms with Crippen molar-refractivity contribution < 1.29 is 13.6 Å². The molecule has 1 aromatic heterocycles. The standard InChI is InChI=1S/C13H13F2N3O/c1-18-4-2-3-8(18)7-17-12-5-9(13(16)19)10(14)6-11(12)15/h2-6,17H,7H2,1H3,(H2,16,19). The van der Waals surface area contributed by atoms with Gasteiger partial charge in [0.25, 0.3) is 5.91 Å². The lowest BCUT2D eigenvalue weighted by atomic mass is 10.1. The van der Waals surface area contributed by atoms with Crippen molar-refractivity contribution in [2.45, 2.75) is 6.54 Å². The first-order valence-electron chi connectivity index (χ1n) is 5.62. The summed E-state index contributed by atoms with van der Waals surface area (Å²) in [6.07, 6.45) is 1.85. The SMILES string of the molecule is Cn1cccc1CNc1cc(C(N)=O)c(F)cc1F. The Morgan fingerprint density at radius 2 is 2.11 bits per heavy atom. The number of aryl methyl sites for hydroxylation is 1. The van der Waals surface area contributed by atoms with E-state index < -0.39 is 17.5 Å². The van der Waals surface area contributed by atoms with E-state index in [1.54, 1.807) is 0 Å². The molecule has 0 saturated carbocycles. The molecule has 0 saturated heterocycles. The molecule has 0 spiro atoms. The minimum Gasteiger partial charge on any atom is -0.377 e. The van der Waals surface area contributed by atoms with Gasteiger partial charge in [-0.05, 0) is 18.2 Å². The molecular weight excluding hydrogens is 252 g/mol. The summed E-state index contributed by atoms with van der Waals surface area (Å²) in [7, 11) is 1.85. The average molecular weight is 265 g/mol. The minimum absolute atomic E-state index is 0.0383. The molecule has 19 heavy (non-hydrogen) atoms. The van der Waals surface area contributed by atoms with Gasteiger partial charge < -0.3 is 15.6 Å². The molecule has 2 aromatic rings. The minimum atomic E-state index is -0.964. The fraction of sp³-hybridized carbons (Fsp3) is 0.154. The van der Waals surface area contributed by atoms with Gasteiger partial charge in [-0.2, -0.15) is 0 Å². The van der Waals surface area contributed by atoms with E-state index in [-0.39, 0.29) is 11.3 Å². The number of primary amides is 1. The third kappa shape index (κ3) is 2.73. The molecule has 100 valence electrons. The number of benzene rings is 1. The van der Waals surface area contributed by atoms with Gasteiger partial charge in [-0.3, -0.25) is 4.79 Å². The van der Waals surface area contributed by atoms with Crippen molar-refractivity contribution in [2.75, 3.05) is 5.32 Å². The van der Waals surface area contributed by atoms with Gasteiger partial charge in [-0.25, -0.2) is 8.78 Å². The molecule has 0 aliphatic carbocycles. The first-order chi connectivity index (χ1) is 8.99. The van der Waals surface area contributed by atoms with Gasteiger partial charge in [0.2, 0.25) is 0 Å². The Hall–Kier alpha value is -2.37. The van der Waals surface area contributed by atoms with Crippen molar-refractivity contribution in [1.29, 1.82) is 0 Å². The first kappa shape index (κ1) is 13.1. The molecule has 3 N–H and O–H groups in total.